The van der Waals surface area contributed by atoms with Gasteiger partial charge in [-0.15, -0.1) is 11.6 Å². The van der Waals surface area contributed by atoms with Crippen LogP contribution in [0.5, 0.6) is 0 Å². The summed E-state index contributed by atoms with van der Waals surface area (Å²) >= 11 is 6.39. The van der Waals surface area contributed by atoms with Gasteiger partial charge in [0, 0.05) is 11.1 Å². The molecule has 0 saturated heterocycles. The summed E-state index contributed by atoms with van der Waals surface area (Å²) in [6.45, 7) is 6.27. The first-order chi connectivity index (χ1) is 8.35. The van der Waals surface area contributed by atoms with Gasteiger partial charge in [-0.1, -0.05) is 20.8 Å². The maximum Gasteiger partial charge on any atom is 0.150 e. The molecule has 2 nitrogen and oxygen atoms in total. The van der Waals surface area contributed by atoms with E-state index in [4.69, 9.17) is 11.6 Å². The lowest BCUT2D eigenvalue weighted by Crippen LogP contribution is -2.28. The molecular weight excluding hydrogens is 268 g/mol. The predicted molar refractivity (Wildman–Crippen MR) is 78.9 cm³/mol. The smallest absolute Gasteiger partial charge is 0.150 e. The van der Waals surface area contributed by atoms with Crippen molar-refractivity contribution in [2.24, 2.45) is 17.8 Å². The van der Waals surface area contributed by atoms with Crippen molar-refractivity contribution >= 4 is 21.4 Å². The Kier molecular flexibility index (Phi) is 6.46. The van der Waals surface area contributed by atoms with Gasteiger partial charge in [-0.05, 0) is 49.9 Å². The van der Waals surface area contributed by atoms with Crippen molar-refractivity contribution < 1.29 is 8.42 Å². The summed E-state index contributed by atoms with van der Waals surface area (Å²) in [5, 5.41) is 0.254. The van der Waals surface area contributed by atoms with Gasteiger partial charge >= 0.3 is 0 Å². The Hall–Kier alpha value is 0.240. The molecule has 0 N–H and O–H groups in total. The summed E-state index contributed by atoms with van der Waals surface area (Å²) < 4.78 is 22.9. The topological polar surface area (TPSA) is 34.1 Å². The van der Waals surface area contributed by atoms with E-state index in [9.17, 15) is 8.42 Å². The average molecular weight is 295 g/mol. The van der Waals surface area contributed by atoms with E-state index in [0.717, 1.165) is 31.1 Å². The van der Waals surface area contributed by atoms with Crippen LogP contribution in [0.25, 0.3) is 0 Å². The van der Waals surface area contributed by atoms with Crippen LogP contribution in [-0.4, -0.2) is 25.3 Å². The fraction of sp³-hybridized carbons (Fsp3) is 1.00. The fourth-order valence-corrected chi connectivity index (χ4v) is 4.13. The zero-order chi connectivity index (χ0) is 13.8. The van der Waals surface area contributed by atoms with Crippen molar-refractivity contribution in [3.8, 4) is 0 Å². The summed E-state index contributed by atoms with van der Waals surface area (Å²) in [4.78, 5) is 0. The summed E-state index contributed by atoms with van der Waals surface area (Å²) in [5.41, 5.74) is 0. The summed E-state index contributed by atoms with van der Waals surface area (Å²) in [7, 11) is -2.81. The summed E-state index contributed by atoms with van der Waals surface area (Å²) in [6.07, 6.45) is 5.24. The molecule has 0 aliphatic heterocycles. The van der Waals surface area contributed by atoms with Gasteiger partial charge in [-0.3, -0.25) is 0 Å². The van der Waals surface area contributed by atoms with Crippen molar-refractivity contribution in [1.29, 1.82) is 0 Å². The first-order valence-electron chi connectivity index (χ1n) is 7.20. The van der Waals surface area contributed by atoms with Crippen LogP contribution in [0.2, 0.25) is 0 Å². The maximum absolute atomic E-state index is 11.5. The number of sulfone groups is 1. The molecular formula is C14H27ClO2S. The Morgan fingerprint density at radius 1 is 1.28 bits per heavy atom. The van der Waals surface area contributed by atoms with Crippen molar-refractivity contribution in [2.75, 3.05) is 11.5 Å². The molecule has 3 unspecified atom stereocenters. The molecule has 1 rings (SSSR count). The van der Waals surface area contributed by atoms with Crippen LogP contribution in [0.4, 0.5) is 0 Å². The quantitative estimate of drug-likeness (QED) is 0.697. The largest absolute Gasteiger partial charge is 0.229 e. The van der Waals surface area contributed by atoms with E-state index in [1.54, 1.807) is 6.92 Å². The Balaban J connectivity index is 2.40. The Morgan fingerprint density at radius 3 is 2.50 bits per heavy atom. The van der Waals surface area contributed by atoms with Gasteiger partial charge in [0.1, 0.15) is 9.84 Å². The van der Waals surface area contributed by atoms with Gasteiger partial charge in [-0.2, -0.15) is 0 Å². The second-order valence-electron chi connectivity index (χ2n) is 5.97. The molecule has 1 fully saturated rings. The Morgan fingerprint density at radius 2 is 1.94 bits per heavy atom. The van der Waals surface area contributed by atoms with Gasteiger partial charge < -0.3 is 0 Å². The van der Waals surface area contributed by atoms with Crippen LogP contribution in [-0.2, 0) is 9.84 Å². The first kappa shape index (κ1) is 16.3. The van der Waals surface area contributed by atoms with Crippen LogP contribution in [0, 0.1) is 17.8 Å². The molecule has 1 saturated carbocycles. The zero-order valence-electron chi connectivity index (χ0n) is 11.9. The van der Waals surface area contributed by atoms with E-state index in [0.29, 0.717) is 11.7 Å². The molecule has 0 heterocycles. The van der Waals surface area contributed by atoms with E-state index in [-0.39, 0.29) is 11.1 Å². The number of alkyl halides is 1. The lowest BCUT2D eigenvalue weighted by Gasteiger charge is -2.35. The van der Waals surface area contributed by atoms with Crippen molar-refractivity contribution in [3.63, 3.8) is 0 Å². The van der Waals surface area contributed by atoms with Gasteiger partial charge in [0.25, 0.3) is 0 Å². The predicted octanol–water partition coefficient (Wildman–Crippen LogP) is 3.88. The monoisotopic (exact) mass is 294 g/mol. The van der Waals surface area contributed by atoms with Crippen molar-refractivity contribution in [3.05, 3.63) is 0 Å². The van der Waals surface area contributed by atoms with E-state index < -0.39 is 9.84 Å². The second kappa shape index (κ2) is 7.14. The molecule has 0 radical (unpaired) electrons. The van der Waals surface area contributed by atoms with Gasteiger partial charge in [0.2, 0.25) is 0 Å². The maximum atomic E-state index is 11.5. The highest BCUT2D eigenvalue weighted by Gasteiger charge is 2.30. The molecule has 0 aromatic rings. The van der Waals surface area contributed by atoms with Gasteiger partial charge in [0.05, 0.1) is 5.75 Å². The molecule has 1 aliphatic carbocycles. The van der Waals surface area contributed by atoms with Crippen molar-refractivity contribution in [2.45, 2.75) is 58.3 Å². The highest BCUT2D eigenvalue weighted by molar-refractivity contribution is 7.91. The Labute approximate surface area is 117 Å². The average Bonchev–Trinajstić information content (AvgIpc) is 2.31. The third-order valence-corrected chi connectivity index (χ3v) is 6.71. The minimum atomic E-state index is -2.81. The molecule has 18 heavy (non-hydrogen) atoms. The zero-order valence-corrected chi connectivity index (χ0v) is 13.4. The van der Waals surface area contributed by atoms with Crippen LogP contribution >= 0.6 is 11.6 Å². The standard InChI is InChI=1S/C14H27ClO2S/c1-4-18(16,17)9-5-6-13-10-12(11(2)3)7-8-14(13)15/h11-14H,4-10H2,1-3H3. The normalized spacial score (nSPS) is 29.7. The molecule has 3 atom stereocenters. The third kappa shape index (κ3) is 5.08. The molecule has 0 amide bonds. The van der Waals surface area contributed by atoms with E-state index >= 15 is 0 Å². The number of halogens is 1. The lowest BCUT2D eigenvalue weighted by atomic mass is 9.74. The number of hydrogen-bond acceptors (Lipinski definition) is 2. The van der Waals surface area contributed by atoms with E-state index in [2.05, 4.69) is 13.8 Å². The fourth-order valence-electron chi connectivity index (χ4n) is 2.88. The molecule has 0 spiro atoms. The lowest BCUT2D eigenvalue weighted by molar-refractivity contribution is 0.210. The molecule has 0 aromatic heterocycles. The third-order valence-electron chi connectivity index (χ3n) is 4.34. The second-order valence-corrected chi connectivity index (χ2v) is 9.01. The van der Waals surface area contributed by atoms with Gasteiger partial charge in [-0.25, -0.2) is 8.42 Å². The minimum absolute atomic E-state index is 0.254. The van der Waals surface area contributed by atoms with Crippen LogP contribution in [0.3, 0.4) is 0 Å². The van der Waals surface area contributed by atoms with Crippen LogP contribution < -0.4 is 0 Å². The summed E-state index contributed by atoms with van der Waals surface area (Å²) in [5.74, 6) is 2.59. The Bertz CT molecular complexity index is 338. The molecule has 1 aliphatic rings. The molecule has 0 aromatic carbocycles. The summed E-state index contributed by atoms with van der Waals surface area (Å²) in [6, 6.07) is 0. The first-order valence-corrected chi connectivity index (χ1v) is 9.46. The van der Waals surface area contributed by atoms with Gasteiger partial charge in [0.15, 0.2) is 0 Å². The molecule has 0 bridgehead atoms. The van der Waals surface area contributed by atoms with Crippen LogP contribution in [0.1, 0.15) is 52.9 Å². The molecule has 108 valence electrons. The van der Waals surface area contributed by atoms with E-state index in [1.165, 1.54) is 12.8 Å². The number of rotatable bonds is 6. The number of hydrogen-bond donors (Lipinski definition) is 0. The highest BCUT2D eigenvalue weighted by Crippen LogP contribution is 2.38. The minimum Gasteiger partial charge on any atom is -0.229 e. The van der Waals surface area contributed by atoms with Crippen molar-refractivity contribution in [1.82, 2.24) is 0 Å². The van der Waals surface area contributed by atoms with E-state index in [1.807, 2.05) is 0 Å². The highest BCUT2D eigenvalue weighted by atomic mass is 35.5. The molecule has 4 heteroatoms. The van der Waals surface area contributed by atoms with Crippen LogP contribution in [0.15, 0.2) is 0 Å². The SMILES string of the molecule is CCS(=O)(=O)CCCC1CC(C(C)C)CCC1Cl.